The van der Waals surface area contributed by atoms with E-state index in [-0.39, 0.29) is 11.5 Å². The van der Waals surface area contributed by atoms with Gasteiger partial charge in [0.25, 0.3) is 11.5 Å². The zero-order chi connectivity index (χ0) is 24.6. The van der Waals surface area contributed by atoms with Gasteiger partial charge in [-0.15, -0.1) is 0 Å². The lowest BCUT2D eigenvalue weighted by atomic mass is 9.99. The number of pyridine rings is 1. The van der Waals surface area contributed by atoms with E-state index >= 15 is 0 Å². The van der Waals surface area contributed by atoms with Crippen LogP contribution in [-0.2, 0) is 24.3 Å². The highest BCUT2D eigenvalue weighted by Crippen LogP contribution is 2.35. The number of benzene rings is 2. The Morgan fingerprint density at radius 2 is 1.69 bits per heavy atom. The minimum Gasteiger partial charge on any atom is -0.351 e. The highest BCUT2D eigenvalue weighted by Gasteiger charge is 2.33. The maximum absolute atomic E-state index is 13.7. The average Bonchev–Trinajstić information content (AvgIpc) is 3.18. The van der Waals surface area contributed by atoms with Gasteiger partial charge in [0.15, 0.2) is 0 Å². The number of carbonyl (C=O) groups is 1. The molecule has 36 heavy (non-hydrogen) atoms. The number of hydrogen-bond acceptors (Lipinski definition) is 6. The van der Waals surface area contributed by atoms with Crippen molar-refractivity contribution in [3.05, 3.63) is 117 Å². The smallest absolute Gasteiger partial charge is 0.267 e. The van der Waals surface area contributed by atoms with Gasteiger partial charge in [0.1, 0.15) is 15.8 Å². The zero-order valence-corrected chi connectivity index (χ0v) is 21.0. The summed E-state index contributed by atoms with van der Waals surface area (Å²) in [5, 5.41) is 0. The average molecular weight is 511 g/mol. The Kier molecular flexibility index (Phi) is 5.91. The van der Waals surface area contributed by atoms with Crippen molar-refractivity contribution in [1.82, 2.24) is 14.3 Å². The number of anilines is 1. The monoisotopic (exact) mass is 510 g/mol. The van der Waals surface area contributed by atoms with Crippen molar-refractivity contribution in [1.29, 1.82) is 0 Å². The number of thiocarbonyl (C=S) groups is 1. The first-order valence-corrected chi connectivity index (χ1v) is 12.9. The highest BCUT2D eigenvalue weighted by molar-refractivity contribution is 8.26. The molecular weight excluding hydrogens is 488 g/mol. The van der Waals surface area contributed by atoms with Crippen molar-refractivity contribution in [2.75, 3.05) is 11.4 Å². The maximum Gasteiger partial charge on any atom is 0.267 e. The van der Waals surface area contributed by atoms with Crippen LogP contribution >= 0.6 is 24.0 Å². The molecule has 4 aromatic rings. The fourth-order valence-electron chi connectivity index (χ4n) is 4.67. The second-order valence-corrected chi connectivity index (χ2v) is 10.5. The molecule has 0 aliphatic carbocycles. The molecular formula is C28H22N4O2S2. The van der Waals surface area contributed by atoms with Gasteiger partial charge in [-0.05, 0) is 41.3 Å². The third-order valence-electron chi connectivity index (χ3n) is 6.51. The summed E-state index contributed by atoms with van der Waals surface area (Å²) in [7, 11) is 0. The number of rotatable bonds is 4. The summed E-state index contributed by atoms with van der Waals surface area (Å²) in [5.41, 5.74) is 4.30. The summed E-state index contributed by atoms with van der Waals surface area (Å²) in [6.45, 7) is 1.79. The lowest BCUT2D eigenvalue weighted by Gasteiger charge is -2.30. The van der Waals surface area contributed by atoms with E-state index in [4.69, 9.17) is 17.2 Å². The van der Waals surface area contributed by atoms with Crippen LogP contribution in [0.1, 0.15) is 22.3 Å². The minimum atomic E-state index is -0.206. The summed E-state index contributed by atoms with van der Waals surface area (Å²) in [4.78, 5) is 36.1. The van der Waals surface area contributed by atoms with Crippen molar-refractivity contribution in [2.45, 2.75) is 19.5 Å². The summed E-state index contributed by atoms with van der Waals surface area (Å²) >= 11 is 6.77. The first-order chi connectivity index (χ1) is 17.6. The zero-order valence-electron chi connectivity index (χ0n) is 19.3. The molecule has 0 bridgehead atoms. The van der Waals surface area contributed by atoms with Crippen LogP contribution in [0.15, 0.2) is 88.7 Å². The molecule has 8 heteroatoms. The third-order valence-corrected chi connectivity index (χ3v) is 7.89. The molecule has 2 aliphatic heterocycles. The minimum absolute atomic E-state index is 0.193. The van der Waals surface area contributed by atoms with E-state index < -0.39 is 0 Å². The molecule has 1 amide bonds. The number of nitrogens with zero attached hydrogens (tertiary/aromatic N) is 4. The van der Waals surface area contributed by atoms with E-state index in [1.807, 2.05) is 48.5 Å². The molecule has 0 spiro atoms. The number of amides is 1. The molecule has 0 unspecified atom stereocenters. The van der Waals surface area contributed by atoms with E-state index in [9.17, 15) is 9.59 Å². The third kappa shape index (κ3) is 4.12. The second-order valence-electron chi connectivity index (χ2n) is 8.78. The molecule has 1 fully saturated rings. The SMILES string of the molecule is O=C1C(=Cc2c(N3CCc4ccccc4C3)nc3ccccn3c2=O)SC(=S)N1Cc1ccccc1. The van der Waals surface area contributed by atoms with Gasteiger partial charge in [-0.2, -0.15) is 0 Å². The number of carbonyl (C=O) groups excluding carboxylic acids is 1. The van der Waals surface area contributed by atoms with Gasteiger partial charge in [0.05, 0.1) is 17.0 Å². The molecule has 2 aromatic heterocycles. The fourth-order valence-corrected chi connectivity index (χ4v) is 5.91. The van der Waals surface area contributed by atoms with Gasteiger partial charge in [0.2, 0.25) is 0 Å². The molecule has 6 rings (SSSR count). The van der Waals surface area contributed by atoms with Gasteiger partial charge < -0.3 is 4.90 Å². The molecule has 0 saturated carbocycles. The first-order valence-electron chi connectivity index (χ1n) is 11.7. The van der Waals surface area contributed by atoms with Crippen LogP contribution in [0.3, 0.4) is 0 Å². The van der Waals surface area contributed by atoms with Crippen LogP contribution in [0.4, 0.5) is 5.82 Å². The first kappa shape index (κ1) is 22.7. The van der Waals surface area contributed by atoms with E-state index in [0.717, 1.165) is 18.5 Å². The normalized spacial score (nSPS) is 16.7. The Labute approximate surface area is 217 Å². The van der Waals surface area contributed by atoms with Gasteiger partial charge in [-0.3, -0.25) is 18.9 Å². The van der Waals surface area contributed by atoms with Gasteiger partial charge in [-0.25, -0.2) is 4.98 Å². The predicted molar refractivity (Wildman–Crippen MR) is 148 cm³/mol. The molecule has 0 radical (unpaired) electrons. The fraction of sp³-hybridized carbons (Fsp3) is 0.143. The van der Waals surface area contributed by atoms with Crippen molar-refractivity contribution in [2.24, 2.45) is 0 Å². The number of thioether (sulfide) groups is 1. The van der Waals surface area contributed by atoms with Gasteiger partial charge in [-0.1, -0.05) is 84.6 Å². The van der Waals surface area contributed by atoms with E-state index in [0.29, 0.717) is 39.3 Å². The van der Waals surface area contributed by atoms with E-state index in [2.05, 4.69) is 23.1 Å². The Morgan fingerprint density at radius 1 is 0.944 bits per heavy atom. The number of aromatic nitrogens is 2. The summed E-state index contributed by atoms with van der Waals surface area (Å²) in [6, 6.07) is 23.6. The summed E-state index contributed by atoms with van der Waals surface area (Å²) in [6.07, 6.45) is 4.25. The molecule has 1 saturated heterocycles. The van der Waals surface area contributed by atoms with Crippen molar-refractivity contribution < 1.29 is 4.79 Å². The Bertz CT molecular complexity index is 1600. The summed E-state index contributed by atoms with van der Waals surface area (Å²) in [5.74, 6) is 0.399. The molecule has 0 atom stereocenters. The standard InChI is InChI=1S/C28H22N4O2S2/c33-26-22(16-23-27(34)32(28(35)36-23)17-19-8-2-1-3-9-19)25(29-24-12-6-7-14-31(24)26)30-15-13-20-10-4-5-11-21(20)18-30/h1-12,14,16H,13,15,17-18H2. The number of fused-ring (bicyclic) bond motifs is 2. The predicted octanol–water partition coefficient (Wildman–Crippen LogP) is 4.66. The van der Waals surface area contributed by atoms with Crippen LogP contribution in [0.5, 0.6) is 0 Å². The summed E-state index contributed by atoms with van der Waals surface area (Å²) < 4.78 is 2.01. The topological polar surface area (TPSA) is 57.9 Å². The van der Waals surface area contributed by atoms with Crippen molar-refractivity contribution in [3.63, 3.8) is 0 Å². The maximum atomic E-state index is 13.7. The Morgan fingerprint density at radius 3 is 2.53 bits per heavy atom. The quantitative estimate of drug-likeness (QED) is 0.294. The van der Waals surface area contributed by atoms with Crippen LogP contribution in [0.2, 0.25) is 0 Å². The molecule has 2 aliphatic rings. The second kappa shape index (κ2) is 9.37. The molecule has 6 nitrogen and oxygen atoms in total. The van der Waals surface area contributed by atoms with Gasteiger partial charge >= 0.3 is 0 Å². The molecule has 178 valence electrons. The van der Waals surface area contributed by atoms with Crippen LogP contribution in [0, 0.1) is 0 Å². The highest BCUT2D eigenvalue weighted by atomic mass is 32.2. The molecule has 0 N–H and O–H groups in total. The van der Waals surface area contributed by atoms with Crippen LogP contribution in [-0.4, -0.2) is 31.1 Å². The van der Waals surface area contributed by atoms with Crippen LogP contribution < -0.4 is 10.5 Å². The number of hydrogen-bond donors (Lipinski definition) is 0. The van der Waals surface area contributed by atoms with E-state index in [1.165, 1.54) is 27.3 Å². The van der Waals surface area contributed by atoms with Crippen LogP contribution in [0.25, 0.3) is 11.7 Å². The van der Waals surface area contributed by atoms with Crippen molar-refractivity contribution in [3.8, 4) is 0 Å². The largest absolute Gasteiger partial charge is 0.351 e. The molecule has 4 heterocycles. The Balaban J connectivity index is 1.42. The van der Waals surface area contributed by atoms with E-state index in [1.54, 1.807) is 23.2 Å². The lowest BCUT2D eigenvalue weighted by molar-refractivity contribution is -0.122. The van der Waals surface area contributed by atoms with Crippen molar-refractivity contribution >= 4 is 51.7 Å². The van der Waals surface area contributed by atoms with Gasteiger partial charge in [0, 0.05) is 19.3 Å². The lowest BCUT2D eigenvalue weighted by Crippen LogP contribution is -2.34. The molecule has 2 aromatic carbocycles. The Hall–Kier alpha value is -3.75.